The highest BCUT2D eigenvalue weighted by molar-refractivity contribution is 7.89. The lowest BCUT2D eigenvalue weighted by atomic mass is 9.83. The smallest absolute Gasteiger partial charge is 0.265 e. The van der Waals surface area contributed by atoms with Gasteiger partial charge in [-0.3, -0.25) is 14.5 Å². The van der Waals surface area contributed by atoms with Crippen molar-refractivity contribution < 1.29 is 18.0 Å². The van der Waals surface area contributed by atoms with Crippen molar-refractivity contribution >= 4 is 27.4 Å². The molecule has 2 aliphatic rings. The normalized spacial score (nSPS) is 20.0. The van der Waals surface area contributed by atoms with E-state index in [0.717, 1.165) is 11.4 Å². The maximum absolute atomic E-state index is 13.0. The molecule has 1 aromatic carbocycles. The molecule has 2 N–H and O–H groups in total. The van der Waals surface area contributed by atoms with Crippen molar-refractivity contribution in [2.45, 2.75) is 24.2 Å². The van der Waals surface area contributed by atoms with Gasteiger partial charge in [-0.25, -0.2) is 8.42 Å². The summed E-state index contributed by atoms with van der Waals surface area (Å²) >= 11 is 0. The fourth-order valence-electron chi connectivity index (χ4n) is 4.87. The first-order valence-electron chi connectivity index (χ1n) is 11.2. The van der Waals surface area contributed by atoms with Crippen LogP contribution in [-0.4, -0.2) is 73.7 Å². The van der Waals surface area contributed by atoms with Crippen LogP contribution in [0.1, 0.15) is 29.9 Å². The SMILES string of the molecule is CN1/C(=C/C(=O)CN2CCN(S(=O)(=O)c3cc(C(N)=O)n(C)c3)CC2)C(C)(C)c2ccccc21. The van der Waals surface area contributed by atoms with Crippen molar-refractivity contribution in [3.8, 4) is 0 Å². The van der Waals surface area contributed by atoms with Gasteiger partial charge in [0.1, 0.15) is 10.6 Å². The number of sulfonamides is 1. The number of hydrogen-bond acceptors (Lipinski definition) is 6. The molecule has 0 aliphatic carbocycles. The standard InChI is InChI=1S/C24H31N5O4S/c1-24(2)19-7-5-6-8-20(19)27(4)22(24)13-17(30)15-28-9-11-29(12-10-28)34(32,33)18-14-21(23(25)31)26(3)16-18/h5-8,13-14,16H,9-12,15H2,1-4H3,(H2,25,31)/b22-13+. The number of primary amides is 1. The second-order valence-corrected chi connectivity index (χ2v) is 11.4. The number of para-hydroxylation sites is 1. The minimum atomic E-state index is -3.75. The predicted octanol–water partition coefficient (Wildman–Crippen LogP) is 1.31. The van der Waals surface area contributed by atoms with Crippen molar-refractivity contribution in [1.82, 2.24) is 13.8 Å². The van der Waals surface area contributed by atoms with E-state index in [2.05, 4.69) is 30.9 Å². The second kappa shape index (κ2) is 8.68. The lowest BCUT2D eigenvalue weighted by Gasteiger charge is -2.33. The Bertz CT molecular complexity index is 1270. The molecule has 0 radical (unpaired) electrons. The van der Waals surface area contributed by atoms with Crippen molar-refractivity contribution in [1.29, 1.82) is 0 Å². The van der Waals surface area contributed by atoms with Gasteiger partial charge < -0.3 is 15.2 Å². The number of nitrogens with two attached hydrogens (primary N) is 1. The van der Waals surface area contributed by atoms with Gasteiger partial charge in [-0.2, -0.15) is 4.31 Å². The molecule has 1 saturated heterocycles. The van der Waals surface area contributed by atoms with Crippen molar-refractivity contribution in [2.75, 3.05) is 44.7 Å². The number of carbonyl (C=O) groups is 2. The molecule has 34 heavy (non-hydrogen) atoms. The summed E-state index contributed by atoms with van der Waals surface area (Å²) in [5.74, 6) is -0.686. The van der Waals surface area contributed by atoms with Crippen LogP contribution in [0.4, 0.5) is 5.69 Å². The third-order valence-corrected chi connectivity index (χ3v) is 8.68. The number of aryl methyl sites for hydroxylation is 1. The lowest BCUT2D eigenvalue weighted by Crippen LogP contribution is -2.49. The maximum atomic E-state index is 13.0. The Morgan fingerprint density at radius 1 is 1.09 bits per heavy atom. The van der Waals surface area contributed by atoms with Crippen molar-refractivity contribution in [2.24, 2.45) is 12.8 Å². The van der Waals surface area contributed by atoms with E-state index < -0.39 is 15.9 Å². The minimum Gasteiger partial charge on any atom is -0.364 e. The largest absolute Gasteiger partial charge is 0.364 e. The number of benzene rings is 1. The minimum absolute atomic E-state index is 0.00630. The van der Waals surface area contributed by atoms with E-state index in [-0.39, 0.29) is 41.4 Å². The summed E-state index contributed by atoms with van der Waals surface area (Å²) in [6.45, 7) is 5.89. The molecule has 9 nitrogen and oxygen atoms in total. The molecule has 1 aromatic heterocycles. The van der Waals surface area contributed by atoms with Crippen molar-refractivity contribution in [3.63, 3.8) is 0 Å². The first-order valence-corrected chi connectivity index (χ1v) is 12.6. The molecular weight excluding hydrogens is 454 g/mol. The van der Waals surface area contributed by atoms with Gasteiger partial charge in [0, 0.05) is 69.3 Å². The fraction of sp³-hybridized carbons (Fsp3) is 0.417. The molecule has 182 valence electrons. The Morgan fingerprint density at radius 2 is 1.74 bits per heavy atom. The number of ketones is 1. The Hall–Kier alpha value is -2.95. The summed E-state index contributed by atoms with van der Waals surface area (Å²) in [6, 6.07) is 9.46. The number of amides is 1. The van der Waals surface area contributed by atoms with E-state index in [4.69, 9.17) is 5.73 Å². The molecule has 2 aliphatic heterocycles. The van der Waals surface area contributed by atoms with Gasteiger partial charge in [0.25, 0.3) is 5.91 Å². The van der Waals surface area contributed by atoms with E-state index in [0.29, 0.717) is 13.1 Å². The quantitative estimate of drug-likeness (QED) is 0.618. The molecule has 1 amide bonds. The van der Waals surface area contributed by atoms with Crippen LogP contribution in [0.3, 0.4) is 0 Å². The van der Waals surface area contributed by atoms with Crippen LogP contribution in [0.15, 0.2) is 53.2 Å². The first-order chi connectivity index (χ1) is 15.9. The number of hydrogen-bond donors (Lipinski definition) is 1. The molecule has 0 spiro atoms. The van der Waals surface area contributed by atoms with Crippen LogP contribution < -0.4 is 10.6 Å². The van der Waals surface area contributed by atoms with Gasteiger partial charge in [0.2, 0.25) is 10.0 Å². The number of allylic oxidation sites excluding steroid dienone is 1. The van der Waals surface area contributed by atoms with Gasteiger partial charge in [-0.15, -0.1) is 0 Å². The molecule has 0 saturated carbocycles. The van der Waals surface area contributed by atoms with E-state index in [1.54, 1.807) is 13.1 Å². The summed E-state index contributed by atoms with van der Waals surface area (Å²) in [5.41, 5.74) is 8.42. The highest BCUT2D eigenvalue weighted by Crippen LogP contribution is 2.46. The van der Waals surface area contributed by atoms with Crippen LogP contribution in [0.5, 0.6) is 0 Å². The average molecular weight is 486 g/mol. The molecule has 1 fully saturated rings. The Labute approximate surface area is 200 Å². The van der Waals surface area contributed by atoms with Gasteiger partial charge >= 0.3 is 0 Å². The number of rotatable bonds is 6. The third kappa shape index (κ3) is 4.17. The number of anilines is 1. The van der Waals surface area contributed by atoms with Gasteiger partial charge in [0.05, 0.1) is 6.54 Å². The number of nitrogens with zero attached hydrogens (tertiary/aromatic N) is 4. The Morgan fingerprint density at radius 3 is 2.32 bits per heavy atom. The van der Waals surface area contributed by atoms with Crippen LogP contribution >= 0.6 is 0 Å². The summed E-state index contributed by atoms with van der Waals surface area (Å²) in [4.78, 5) is 28.5. The number of aromatic nitrogens is 1. The summed E-state index contributed by atoms with van der Waals surface area (Å²) in [5, 5.41) is 0. The molecule has 3 heterocycles. The molecular formula is C24H31N5O4S. The summed E-state index contributed by atoms with van der Waals surface area (Å²) in [7, 11) is -0.189. The number of likely N-dealkylation sites (N-methyl/N-ethyl adjacent to an activating group) is 1. The first kappa shape index (κ1) is 24.2. The zero-order valence-electron chi connectivity index (χ0n) is 20.0. The monoisotopic (exact) mass is 485 g/mol. The Kier molecular flexibility index (Phi) is 6.17. The van der Waals surface area contributed by atoms with Crippen LogP contribution in [-0.2, 0) is 27.3 Å². The highest BCUT2D eigenvalue weighted by atomic mass is 32.2. The van der Waals surface area contributed by atoms with Crippen LogP contribution in [0.25, 0.3) is 0 Å². The van der Waals surface area contributed by atoms with Gasteiger partial charge in [0.15, 0.2) is 5.78 Å². The number of piperazine rings is 1. The molecule has 0 bridgehead atoms. The summed E-state index contributed by atoms with van der Waals surface area (Å²) < 4.78 is 28.8. The molecule has 0 unspecified atom stereocenters. The molecule has 4 rings (SSSR count). The van der Waals surface area contributed by atoms with Crippen LogP contribution in [0.2, 0.25) is 0 Å². The molecule has 2 aromatic rings. The predicted molar refractivity (Wildman–Crippen MR) is 130 cm³/mol. The number of carbonyl (C=O) groups excluding carboxylic acids is 2. The number of fused-ring (bicyclic) bond motifs is 1. The zero-order valence-corrected chi connectivity index (χ0v) is 20.8. The van der Waals surface area contributed by atoms with Gasteiger partial charge in [-0.1, -0.05) is 32.0 Å². The molecule has 10 heteroatoms. The van der Waals surface area contributed by atoms with E-state index in [1.165, 1.54) is 26.7 Å². The van der Waals surface area contributed by atoms with E-state index in [1.807, 2.05) is 24.1 Å². The maximum Gasteiger partial charge on any atom is 0.265 e. The van der Waals surface area contributed by atoms with Crippen LogP contribution in [0, 0.1) is 0 Å². The molecule has 0 atom stereocenters. The van der Waals surface area contributed by atoms with E-state index in [9.17, 15) is 18.0 Å². The lowest BCUT2D eigenvalue weighted by molar-refractivity contribution is -0.116. The highest BCUT2D eigenvalue weighted by Gasteiger charge is 2.38. The second-order valence-electron chi connectivity index (χ2n) is 9.41. The Balaban J connectivity index is 1.40. The van der Waals surface area contributed by atoms with Gasteiger partial charge in [-0.05, 0) is 17.7 Å². The fourth-order valence-corrected chi connectivity index (χ4v) is 6.37. The van der Waals surface area contributed by atoms with E-state index >= 15 is 0 Å². The topological polar surface area (TPSA) is 109 Å². The van der Waals surface area contributed by atoms with Crippen molar-refractivity contribution in [3.05, 3.63) is 59.6 Å². The average Bonchev–Trinajstić information content (AvgIpc) is 3.27. The third-order valence-electron chi connectivity index (χ3n) is 6.82. The zero-order chi connectivity index (χ0) is 24.8. The summed E-state index contributed by atoms with van der Waals surface area (Å²) in [6.07, 6.45) is 3.12.